The van der Waals surface area contributed by atoms with Gasteiger partial charge in [-0.25, -0.2) is 14.7 Å². The molecule has 5 amide bonds. The Morgan fingerprint density at radius 3 is 2.52 bits per heavy atom. The van der Waals surface area contributed by atoms with Crippen LogP contribution in [0.5, 0.6) is 5.75 Å². The van der Waals surface area contributed by atoms with E-state index in [-0.39, 0.29) is 48.6 Å². The first-order valence-corrected chi connectivity index (χ1v) is 14.9. The molecule has 2 heterocycles. The van der Waals surface area contributed by atoms with Gasteiger partial charge < -0.3 is 36.1 Å². The van der Waals surface area contributed by atoms with Gasteiger partial charge in [0.1, 0.15) is 11.8 Å². The lowest BCUT2D eigenvalue weighted by atomic mass is 9.72. The first-order valence-electron chi connectivity index (χ1n) is 13.3. The van der Waals surface area contributed by atoms with Gasteiger partial charge in [-0.1, -0.05) is 24.3 Å². The number of hydrogen-bond acceptors (Lipinski definition) is 10. The summed E-state index contributed by atoms with van der Waals surface area (Å²) in [5.74, 6) is -5.38. The topological polar surface area (TPSA) is 264 Å². The third-order valence-corrected chi connectivity index (χ3v) is 7.39. The van der Waals surface area contributed by atoms with Gasteiger partial charge in [0.25, 0.3) is 10.2 Å². The van der Waals surface area contributed by atoms with Gasteiger partial charge in [0.05, 0.1) is 17.2 Å². The molecule has 1 saturated heterocycles. The molecule has 0 spiro atoms. The molecule has 234 valence electrons. The van der Waals surface area contributed by atoms with E-state index in [1.54, 1.807) is 6.07 Å². The summed E-state index contributed by atoms with van der Waals surface area (Å²) in [6.07, 6.45) is 0.407. The third-order valence-electron chi connectivity index (χ3n) is 6.87. The molecule has 0 radical (unpaired) electrons. The van der Waals surface area contributed by atoms with Crippen molar-refractivity contribution in [1.29, 1.82) is 0 Å². The molecule has 19 heteroatoms. The Bertz CT molecular complexity index is 1590. The van der Waals surface area contributed by atoms with E-state index in [1.165, 1.54) is 41.3 Å². The number of aromatic carboxylic acids is 1. The summed E-state index contributed by atoms with van der Waals surface area (Å²) in [6.45, 7) is 0.409. The Morgan fingerprint density at radius 2 is 1.84 bits per heavy atom. The lowest BCUT2D eigenvalue weighted by molar-refractivity contribution is -0.153. The van der Waals surface area contributed by atoms with Crippen molar-refractivity contribution in [3.05, 3.63) is 59.2 Å². The van der Waals surface area contributed by atoms with Crippen molar-refractivity contribution < 1.29 is 47.2 Å². The molecule has 9 N–H and O–H groups in total. The monoisotopic (exact) mass is 631 g/mol. The van der Waals surface area contributed by atoms with Crippen molar-refractivity contribution in [2.24, 2.45) is 10.9 Å². The smallest absolute Gasteiger partial charge is 0.534 e. The third kappa shape index (κ3) is 7.43. The van der Waals surface area contributed by atoms with Crippen molar-refractivity contribution in [3.8, 4) is 5.75 Å². The summed E-state index contributed by atoms with van der Waals surface area (Å²) in [5.41, 5.74) is 5.68. The zero-order valence-corrected chi connectivity index (χ0v) is 24.0. The highest BCUT2D eigenvalue weighted by Gasteiger charge is 2.41. The van der Waals surface area contributed by atoms with E-state index in [4.69, 9.17) is 15.5 Å². The lowest BCUT2D eigenvalue weighted by Gasteiger charge is -2.34. The minimum atomic E-state index is -4.21. The van der Waals surface area contributed by atoms with Crippen LogP contribution in [-0.4, -0.2) is 97.3 Å². The molecule has 2 aliphatic rings. The minimum absolute atomic E-state index is 0.0460. The normalized spacial score (nSPS) is 17.3. The maximum atomic E-state index is 13.6. The molecule has 2 aromatic carbocycles. The van der Waals surface area contributed by atoms with E-state index in [0.717, 1.165) is 0 Å². The largest absolute Gasteiger partial charge is 0.547 e. The zero-order valence-electron chi connectivity index (χ0n) is 23.1. The first kappa shape index (κ1) is 32.2. The Labute approximate surface area is 251 Å². The van der Waals surface area contributed by atoms with Gasteiger partial charge in [0.15, 0.2) is 0 Å². The molecular weight excluding hydrogens is 601 g/mol. The number of anilines is 1. The molecule has 2 aliphatic heterocycles. The summed E-state index contributed by atoms with van der Waals surface area (Å²) >= 11 is 0. The number of nitrogens with one attached hydrogen (secondary N) is 3. The van der Waals surface area contributed by atoms with Crippen molar-refractivity contribution in [2.75, 3.05) is 30.9 Å². The number of carbonyl (C=O) groups is 5. The molecule has 0 aromatic heterocycles. The van der Waals surface area contributed by atoms with Gasteiger partial charge in [-0.2, -0.15) is 8.42 Å². The average Bonchev–Trinajstić information content (AvgIpc) is 2.95. The van der Waals surface area contributed by atoms with Gasteiger partial charge in [0, 0.05) is 19.6 Å². The second-order valence-electron chi connectivity index (χ2n) is 9.97. The van der Waals surface area contributed by atoms with Crippen LogP contribution in [-0.2, 0) is 31.0 Å². The fourth-order valence-corrected chi connectivity index (χ4v) is 5.25. The summed E-state index contributed by atoms with van der Waals surface area (Å²) in [7, 11) is -5.89. The number of imide groups is 1. The minimum Gasteiger partial charge on any atom is -0.534 e. The number of nitrogens with two attached hydrogens (primary N) is 2. The number of piperazine rings is 1. The van der Waals surface area contributed by atoms with E-state index in [1.807, 2.05) is 0 Å². The SMILES string of the molecule is NCCCN1CCN(C(=O)N[C@@H](C(=O)N[C@H]2Cc3cccc(C(=O)O)c3OB2O)c2cccc(NS(N)(=O)=O)c2)C(=O)C1=O. The number of fused-ring (bicyclic) bond motifs is 1. The highest BCUT2D eigenvalue weighted by molar-refractivity contribution is 7.90. The summed E-state index contributed by atoms with van der Waals surface area (Å²) in [6, 6.07) is 6.99. The van der Waals surface area contributed by atoms with Crippen LogP contribution in [0.25, 0.3) is 0 Å². The molecule has 0 unspecified atom stereocenters. The summed E-state index contributed by atoms with van der Waals surface area (Å²) < 4.78 is 30.6. The highest BCUT2D eigenvalue weighted by Crippen LogP contribution is 2.30. The van der Waals surface area contributed by atoms with E-state index >= 15 is 0 Å². The number of carboxylic acids is 1. The van der Waals surface area contributed by atoms with Gasteiger partial charge in [-0.15, -0.1) is 0 Å². The van der Waals surface area contributed by atoms with Gasteiger partial charge >= 0.3 is 30.9 Å². The van der Waals surface area contributed by atoms with E-state index < -0.39 is 59.0 Å². The fourth-order valence-electron chi connectivity index (χ4n) is 4.79. The number of nitrogens with zero attached hydrogens (tertiary/aromatic N) is 2. The molecule has 1 fully saturated rings. The van der Waals surface area contributed by atoms with Crippen LogP contribution >= 0.6 is 0 Å². The number of carboxylic acid groups (broad SMARTS) is 1. The second kappa shape index (κ2) is 13.3. The van der Waals surface area contributed by atoms with Crippen LogP contribution in [0.3, 0.4) is 0 Å². The lowest BCUT2D eigenvalue weighted by Crippen LogP contribution is -2.60. The number of amides is 5. The highest BCUT2D eigenvalue weighted by atomic mass is 32.2. The maximum absolute atomic E-state index is 13.6. The van der Waals surface area contributed by atoms with Gasteiger partial charge in [-0.05, 0) is 48.7 Å². The molecule has 44 heavy (non-hydrogen) atoms. The van der Waals surface area contributed by atoms with Gasteiger partial charge in [0.2, 0.25) is 5.91 Å². The van der Waals surface area contributed by atoms with Crippen LogP contribution in [0.2, 0.25) is 0 Å². The van der Waals surface area contributed by atoms with Crippen molar-refractivity contribution in [1.82, 2.24) is 20.4 Å². The maximum Gasteiger partial charge on any atom is 0.547 e. The number of carbonyl (C=O) groups excluding carboxylic acids is 4. The fraction of sp³-hybridized carbons (Fsp3) is 0.320. The molecule has 0 bridgehead atoms. The standard InChI is InChI=1S/C25H30BN7O10S/c27-8-3-9-32-10-11-33(23(36)22(32)35)25(39)30-19(14-4-1-6-16(12-14)31-44(28,41)42)21(34)29-18-13-15-5-2-7-17(24(37)38)20(15)43-26(18)40/h1-2,4-7,12,18-19,31,40H,3,8-11,13,27H2,(H,29,34)(H,30,39)(H,37,38)(H2,28,41,42)/t18-,19+/m0/s1. The Kier molecular flexibility index (Phi) is 9.73. The molecular formula is C25H30BN7O10S. The van der Waals surface area contributed by atoms with Crippen LogP contribution in [0, 0.1) is 0 Å². The second-order valence-corrected chi connectivity index (χ2v) is 11.3. The van der Waals surface area contributed by atoms with E-state index in [9.17, 15) is 42.5 Å². The Balaban J connectivity index is 1.59. The molecule has 2 aromatic rings. The quantitative estimate of drug-likeness (QED) is 0.110. The number of rotatable bonds is 10. The molecule has 4 rings (SSSR count). The summed E-state index contributed by atoms with van der Waals surface area (Å²) in [4.78, 5) is 65.7. The zero-order chi connectivity index (χ0) is 32.2. The predicted octanol–water partition coefficient (Wildman–Crippen LogP) is -2.09. The van der Waals surface area contributed by atoms with E-state index in [0.29, 0.717) is 23.4 Å². The number of para-hydroxylation sites is 1. The van der Waals surface area contributed by atoms with Crippen molar-refractivity contribution >= 4 is 52.7 Å². The van der Waals surface area contributed by atoms with Gasteiger partial charge in [-0.3, -0.25) is 24.0 Å². The van der Waals surface area contributed by atoms with E-state index in [2.05, 4.69) is 15.4 Å². The van der Waals surface area contributed by atoms with Crippen LogP contribution in [0.4, 0.5) is 10.5 Å². The van der Waals surface area contributed by atoms with Crippen LogP contribution < -0.4 is 30.9 Å². The van der Waals surface area contributed by atoms with Crippen LogP contribution in [0.15, 0.2) is 42.5 Å². The first-order chi connectivity index (χ1) is 20.8. The van der Waals surface area contributed by atoms with Crippen LogP contribution in [0.1, 0.15) is 33.9 Å². The molecule has 0 aliphatic carbocycles. The Hall–Kier alpha value is -4.72. The van der Waals surface area contributed by atoms with Crippen molar-refractivity contribution in [3.63, 3.8) is 0 Å². The number of hydrogen-bond donors (Lipinski definition) is 7. The molecule has 17 nitrogen and oxygen atoms in total. The number of benzene rings is 2. The summed E-state index contributed by atoms with van der Waals surface area (Å²) in [5, 5.41) is 30.1. The van der Waals surface area contributed by atoms with Crippen molar-refractivity contribution in [2.45, 2.75) is 24.8 Å². The Morgan fingerprint density at radius 1 is 1.11 bits per heavy atom. The molecule has 2 atom stereocenters. The average molecular weight is 631 g/mol. The molecule has 0 saturated carbocycles. The number of urea groups is 1. The predicted molar refractivity (Wildman–Crippen MR) is 154 cm³/mol.